The standard InChI is InChI=1S/C15H20ClNO2S/c1-19-15(18)13-8-10-4-2-3-5-12(10)17(13)9-11-6-7-14(16)20-11/h6-7,10,12-13H,2-5,8-9H2,1H3/t10-,12+,13+/m1/s1. The van der Waals surface area contributed by atoms with Gasteiger partial charge in [-0.1, -0.05) is 24.4 Å². The summed E-state index contributed by atoms with van der Waals surface area (Å²) in [6.45, 7) is 0.818. The predicted molar refractivity (Wildman–Crippen MR) is 81.0 cm³/mol. The number of hydrogen-bond donors (Lipinski definition) is 0. The minimum Gasteiger partial charge on any atom is -0.468 e. The number of fused-ring (bicyclic) bond motifs is 1. The van der Waals surface area contributed by atoms with Crippen molar-refractivity contribution >= 4 is 28.9 Å². The first-order chi connectivity index (χ1) is 9.69. The minimum absolute atomic E-state index is 0.0750. The highest BCUT2D eigenvalue weighted by atomic mass is 35.5. The van der Waals surface area contributed by atoms with Crippen LogP contribution in [0.4, 0.5) is 0 Å². The lowest BCUT2D eigenvalue weighted by Gasteiger charge is -2.32. The normalized spacial score (nSPS) is 30.2. The summed E-state index contributed by atoms with van der Waals surface area (Å²) >= 11 is 7.62. The lowest BCUT2D eigenvalue weighted by molar-refractivity contribution is -0.146. The van der Waals surface area contributed by atoms with Gasteiger partial charge in [0.1, 0.15) is 6.04 Å². The average Bonchev–Trinajstić information content (AvgIpc) is 3.03. The van der Waals surface area contributed by atoms with Crippen LogP contribution in [0.15, 0.2) is 12.1 Å². The maximum absolute atomic E-state index is 12.1. The van der Waals surface area contributed by atoms with Crippen molar-refractivity contribution in [2.24, 2.45) is 5.92 Å². The van der Waals surface area contributed by atoms with E-state index < -0.39 is 0 Å². The van der Waals surface area contributed by atoms with E-state index in [1.807, 2.05) is 6.07 Å². The largest absolute Gasteiger partial charge is 0.468 e. The number of carbonyl (C=O) groups is 1. The Kier molecular flexibility index (Phi) is 4.34. The van der Waals surface area contributed by atoms with E-state index in [9.17, 15) is 4.79 Å². The van der Waals surface area contributed by atoms with E-state index in [1.165, 1.54) is 37.7 Å². The van der Waals surface area contributed by atoms with E-state index in [0.29, 0.717) is 12.0 Å². The topological polar surface area (TPSA) is 29.5 Å². The summed E-state index contributed by atoms with van der Waals surface area (Å²) in [6, 6.07) is 4.46. The first kappa shape index (κ1) is 14.4. The van der Waals surface area contributed by atoms with E-state index in [2.05, 4.69) is 11.0 Å². The van der Waals surface area contributed by atoms with E-state index in [0.717, 1.165) is 17.3 Å². The van der Waals surface area contributed by atoms with Crippen LogP contribution >= 0.6 is 22.9 Å². The van der Waals surface area contributed by atoms with Gasteiger partial charge in [0.15, 0.2) is 0 Å². The van der Waals surface area contributed by atoms with Gasteiger partial charge in [-0.05, 0) is 37.3 Å². The van der Waals surface area contributed by atoms with Crippen molar-refractivity contribution < 1.29 is 9.53 Å². The number of hydrogen-bond acceptors (Lipinski definition) is 4. The van der Waals surface area contributed by atoms with Crippen LogP contribution in [0.3, 0.4) is 0 Å². The second-order valence-corrected chi connectivity index (χ2v) is 7.56. The monoisotopic (exact) mass is 313 g/mol. The molecule has 1 saturated heterocycles. The van der Waals surface area contributed by atoms with Gasteiger partial charge < -0.3 is 4.74 Å². The molecule has 0 N–H and O–H groups in total. The highest BCUT2D eigenvalue weighted by Crippen LogP contribution is 2.41. The summed E-state index contributed by atoms with van der Waals surface area (Å²) in [7, 11) is 1.49. The molecule has 1 aromatic heterocycles. The Morgan fingerprint density at radius 1 is 1.45 bits per heavy atom. The van der Waals surface area contributed by atoms with Crippen LogP contribution in [0.5, 0.6) is 0 Å². The molecule has 0 amide bonds. The van der Waals surface area contributed by atoms with Crippen molar-refractivity contribution in [1.29, 1.82) is 0 Å². The number of rotatable bonds is 3. The molecule has 5 heteroatoms. The quantitative estimate of drug-likeness (QED) is 0.797. The number of ether oxygens (including phenoxy) is 1. The van der Waals surface area contributed by atoms with Crippen molar-refractivity contribution in [3.05, 3.63) is 21.3 Å². The molecule has 2 aliphatic rings. The number of thiophene rings is 1. The fraction of sp³-hybridized carbons (Fsp3) is 0.667. The van der Waals surface area contributed by atoms with Crippen LogP contribution in [-0.2, 0) is 16.1 Å². The number of halogens is 1. The molecule has 1 aromatic rings. The van der Waals surface area contributed by atoms with E-state index in [4.69, 9.17) is 16.3 Å². The van der Waals surface area contributed by atoms with Crippen LogP contribution in [0.1, 0.15) is 37.0 Å². The molecule has 0 bridgehead atoms. The van der Waals surface area contributed by atoms with Gasteiger partial charge in [-0.15, -0.1) is 11.3 Å². The smallest absolute Gasteiger partial charge is 0.323 e. The van der Waals surface area contributed by atoms with Gasteiger partial charge in [0, 0.05) is 17.5 Å². The summed E-state index contributed by atoms with van der Waals surface area (Å²) in [6.07, 6.45) is 5.98. The van der Waals surface area contributed by atoms with Crippen LogP contribution in [-0.4, -0.2) is 30.1 Å². The molecule has 0 spiro atoms. The Morgan fingerprint density at radius 2 is 2.25 bits per heavy atom. The maximum Gasteiger partial charge on any atom is 0.323 e. The van der Waals surface area contributed by atoms with Gasteiger partial charge in [0.25, 0.3) is 0 Å². The fourth-order valence-electron chi connectivity index (χ4n) is 3.76. The predicted octanol–water partition coefficient (Wildman–Crippen LogP) is 3.71. The molecule has 2 heterocycles. The second-order valence-electron chi connectivity index (χ2n) is 5.76. The molecular formula is C15H20ClNO2S. The van der Waals surface area contributed by atoms with E-state index >= 15 is 0 Å². The lowest BCUT2D eigenvalue weighted by atomic mass is 9.85. The highest BCUT2D eigenvalue weighted by molar-refractivity contribution is 7.16. The molecule has 3 nitrogen and oxygen atoms in total. The summed E-state index contributed by atoms with van der Waals surface area (Å²) in [4.78, 5) is 15.7. The Morgan fingerprint density at radius 3 is 2.95 bits per heavy atom. The first-order valence-corrected chi connectivity index (χ1v) is 8.46. The molecule has 0 aromatic carbocycles. The third-order valence-electron chi connectivity index (χ3n) is 4.66. The van der Waals surface area contributed by atoms with E-state index in [1.54, 1.807) is 11.3 Å². The van der Waals surface area contributed by atoms with Crippen molar-refractivity contribution in [1.82, 2.24) is 4.90 Å². The lowest BCUT2D eigenvalue weighted by Crippen LogP contribution is -2.41. The van der Waals surface area contributed by atoms with Gasteiger partial charge >= 0.3 is 5.97 Å². The molecule has 1 saturated carbocycles. The van der Waals surface area contributed by atoms with Crippen LogP contribution in [0.25, 0.3) is 0 Å². The minimum atomic E-state index is -0.0814. The molecule has 3 atom stereocenters. The zero-order valence-electron chi connectivity index (χ0n) is 11.7. The van der Waals surface area contributed by atoms with Crippen LogP contribution in [0, 0.1) is 5.92 Å². The maximum atomic E-state index is 12.1. The van der Waals surface area contributed by atoms with Gasteiger partial charge in [0.05, 0.1) is 11.4 Å². The third-order valence-corrected chi connectivity index (χ3v) is 5.88. The summed E-state index contributed by atoms with van der Waals surface area (Å²) < 4.78 is 5.82. The number of methoxy groups -OCH3 is 1. The van der Waals surface area contributed by atoms with Gasteiger partial charge in [-0.3, -0.25) is 9.69 Å². The number of nitrogens with zero attached hydrogens (tertiary/aromatic N) is 1. The van der Waals surface area contributed by atoms with Crippen LogP contribution < -0.4 is 0 Å². The number of carbonyl (C=O) groups excluding carboxylic acids is 1. The zero-order valence-corrected chi connectivity index (χ0v) is 13.3. The Bertz CT molecular complexity index is 490. The molecule has 3 rings (SSSR count). The van der Waals surface area contributed by atoms with Crippen molar-refractivity contribution in [2.45, 2.75) is 50.7 Å². The van der Waals surface area contributed by atoms with Crippen molar-refractivity contribution in [3.63, 3.8) is 0 Å². The van der Waals surface area contributed by atoms with Gasteiger partial charge in [-0.25, -0.2) is 0 Å². The second kappa shape index (κ2) is 6.04. The Hall–Kier alpha value is -0.580. The van der Waals surface area contributed by atoms with Crippen molar-refractivity contribution in [3.8, 4) is 0 Å². The molecular weight excluding hydrogens is 294 g/mol. The Labute approximate surface area is 128 Å². The van der Waals surface area contributed by atoms with Crippen LogP contribution in [0.2, 0.25) is 4.34 Å². The highest BCUT2D eigenvalue weighted by Gasteiger charge is 2.45. The molecule has 0 unspecified atom stereocenters. The molecule has 1 aliphatic heterocycles. The number of esters is 1. The SMILES string of the molecule is COC(=O)[C@@H]1C[C@H]2CCCC[C@@H]2N1Cc1ccc(Cl)s1. The number of likely N-dealkylation sites (tertiary alicyclic amines) is 1. The van der Waals surface area contributed by atoms with Gasteiger partial charge in [0.2, 0.25) is 0 Å². The van der Waals surface area contributed by atoms with Gasteiger partial charge in [-0.2, -0.15) is 0 Å². The molecule has 0 radical (unpaired) electrons. The molecule has 20 heavy (non-hydrogen) atoms. The summed E-state index contributed by atoms with van der Waals surface area (Å²) in [5.74, 6) is 0.574. The third kappa shape index (κ3) is 2.74. The van der Waals surface area contributed by atoms with Crippen molar-refractivity contribution in [2.75, 3.05) is 7.11 Å². The zero-order chi connectivity index (χ0) is 14.1. The molecule has 2 fully saturated rings. The first-order valence-electron chi connectivity index (χ1n) is 7.27. The summed E-state index contributed by atoms with van der Waals surface area (Å²) in [5.41, 5.74) is 0. The molecule has 110 valence electrons. The summed E-state index contributed by atoms with van der Waals surface area (Å²) in [5, 5.41) is 0. The van der Waals surface area contributed by atoms with E-state index in [-0.39, 0.29) is 12.0 Å². The fourth-order valence-corrected chi connectivity index (χ4v) is 4.86. The molecule has 1 aliphatic carbocycles. The Balaban J connectivity index is 1.80. The average molecular weight is 314 g/mol.